The summed E-state index contributed by atoms with van der Waals surface area (Å²) in [7, 11) is 0. The highest BCUT2D eigenvalue weighted by Crippen LogP contribution is 2.32. The highest BCUT2D eigenvalue weighted by atomic mass is 16.5. The molecule has 1 saturated heterocycles. The molecule has 0 bridgehead atoms. The number of carbonyl (C=O) groups is 1. The number of ether oxygens (including phenoxy) is 1. The second kappa shape index (κ2) is 7.76. The number of rotatable bonds is 5. The van der Waals surface area contributed by atoms with E-state index in [1.807, 2.05) is 37.3 Å². The molecule has 0 atom stereocenters. The van der Waals surface area contributed by atoms with Crippen LogP contribution in [0, 0.1) is 6.92 Å². The van der Waals surface area contributed by atoms with E-state index >= 15 is 0 Å². The minimum absolute atomic E-state index is 0.0416. The molecule has 2 aliphatic heterocycles. The van der Waals surface area contributed by atoms with Gasteiger partial charge >= 0.3 is 0 Å². The molecule has 1 spiro atoms. The summed E-state index contributed by atoms with van der Waals surface area (Å²) in [6, 6.07) is 16.3. The fraction of sp³-hybridized carbons (Fsp3) is 0.391. The lowest BCUT2D eigenvalue weighted by atomic mass is 9.88. The van der Waals surface area contributed by atoms with Crippen molar-refractivity contribution in [1.29, 1.82) is 0 Å². The van der Waals surface area contributed by atoms with Crippen molar-refractivity contribution in [1.82, 2.24) is 10.2 Å². The lowest BCUT2D eigenvalue weighted by molar-refractivity contribution is -0.125. The van der Waals surface area contributed by atoms with Gasteiger partial charge in [-0.2, -0.15) is 0 Å². The fourth-order valence-electron chi connectivity index (χ4n) is 3.98. The van der Waals surface area contributed by atoms with E-state index in [1.54, 1.807) is 0 Å². The SMILES string of the molecule is CCOc1cc(CN2CCC3(CC2)N=C(c2ccccc2)NC3=O)ccc1C. The lowest BCUT2D eigenvalue weighted by Gasteiger charge is -2.35. The van der Waals surface area contributed by atoms with Crippen molar-refractivity contribution in [2.75, 3.05) is 19.7 Å². The Morgan fingerprint density at radius 1 is 1.14 bits per heavy atom. The smallest absolute Gasteiger partial charge is 0.253 e. The number of likely N-dealkylation sites (tertiary alicyclic amines) is 1. The third-order valence-electron chi connectivity index (χ3n) is 5.67. The van der Waals surface area contributed by atoms with Crippen LogP contribution < -0.4 is 10.1 Å². The van der Waals surface area contributed by atoms with Gasteiger partial charge in [-0.05, 0) is 43.9 Å². The quantitative estimate of drug-likeness (QED) is 0.870. The second-order valence-corrected chi connectivity index (χ2v) is 7.62. The number of amides is 1. The van der Waals surface area contributed by atoms with Crippen LogP contribution in [0.15, 0.2) is 53.5 Å². The van der Waals surface area contributed by atoms with Crippen LogP contribution in [-0.2, 0) is 11.3 Å². The lowest BCUT2D eigenvalue weighted by Crippen LogP contribution is -2.48. The first kappa shape index (κ1) is 18.7. The highest BCUT2D eigenvalue weighted by molar-refractivity contribution is 6.15. The molecule has 2 aromatic rings. The number of nitrogens with one attached hydrogen (secondary N) is 1. The van der Waals surface area contributed by atoms with Crippen molar-refractivity contribution >= 4 is 11.7 Å². The van der Waals surface area contributed by atoms with Gasteiger partial charge in [-0.1, -0.05) is 42.5 Å². The molecule has 28 heavy (non-hydrogen) atoms. The van der Waals surface area contributed by atoms with Crippen LogP contribution in [0.3, 0.4) is 0 Å². The molecule has 1 N–H and O–H groups in total. The summed E-state index contributed by atoms with van der Waals surface area (Å²) in [4.78, 5) is 19.9. The van der Waals surface area contributed by atoms with Gasteiger partial charge in [0.05, 0.1) is 6.61 Å². The van der Waals surface area contributed by atoms with Crippen LogP contribution in [0.25, 0.3) is 0 Å². The highest BCUT2D eigenvalue weighted by Gasteiger charge is 2.45. The van der Waals surface area contributed by atoms with Crippen LogP contribution in [-0.4, -0.2) is 41.9 Å². The molecule has 0 aliphatic carbocycles. The van der Waals surface area contributed by atoms with Gasteiger partial charge in [0.1, 0.15) is 17.1 Å². The molecule has 1 fully saturated rings. The van der Waals surface area contributed by atoms with Crippen LogP contribution in [0.1, 0.15) is 36.5 Å². The number of aliphatic imine (C=N–C) groups is 1. The Bertz CT molecular complexity index is 884. The van der Waals surface area contributed by atoms with Crippen LogP contribution in [0.4, 0.5) is 0 Å². The molecular weight excluding hydrogens is 350 g/mol. The van der Waals surface area contributed by atoms with E-state index in [-0.39, 0.29) is 5.91 Å². The van der Waals surface area contributed by atoms with Gasteiger partial charge < -0.3 is 10.1 Å². The Morgan fingerprint density at radius 3 is 2.61 bits per heavy atom. The maximum absolute atomic E-state index is 12.7. The number of hydrogen-bond acceptors (Lipinski definition) is 4. The van der Waals surface area contributed by atoms with Crippen molar-refractivity contribution in [2.45, 2.75) is 38.8 Å². The molecule has 0 aromatic heterocycles. The number of carbonyl (C=O) groups excluding carboxylic acids is 1. The minimum Gasteiger partial charge on any atom is -0.494 e. The monoisotopic (exact) mass is 377 g/mol. The minimum atomic E-state index is -0.606. The first-order valence-electron chi connectivity index (χ1n) is 10.0. The first-order chi connectivity index (χ1) is 13.6. The van der Waals surface area contributed by atoms with Crippen molar-refractivity contribution in [3.63, 3.8) is 0 Å². The Morgan fingerprint density at radius 2 is 1.89 bits per heavy atom. The van der Waals surface area contributed by atoms with Gasteiger partial charge in [0.25, 0.3) is 5.91 Å². The molecule has 0 radical (unpaired) electrons. The van der Waals surface area contributed by atoms with E-state index in [0.29, 0.717) is 12.4 Å². The number of hydrogen-bond donors (Lipinski definition) is 1. The molecule has 4 rings (SSSR count). The summed E-state index contributed by atoms with van der Waals surface area (Å²) >= 11 is 0. The Hall–Kier alpha value is -2.66. The predicted molar refractivity (Wildman–Crippen MR) is 111 cm³/mol. The van der Waals surface area contributed by atoms with E-state index in [1.165, 1.54) is 5.56 Å². The number of nitrogens with zero attached hydrogens (tertiary/aromatic N) is 2. The van der Waals surface area contributed by atoms with E-state index < -0.39 is 5.54 Å². The molecule has 146 valence electrons. The standard InChI is InChI=1S/C23H27N3O2/c1-3-28-20-15-18(10-9-17(20)2)16-26-13-11-23(12-14-26)22(27)24-21(25-23)19-7-5-4-6-8-19/h4-10,15H,3,11-14,16H2,1-2H3,(H,24,25,27). The predicted octanol–water partition coefficient (Wildman–Crippen LogP) is 3.30. The number of benzene rings is 2. The topological polar surface area (TPSA) is 53.9 Å². The summed E-state index contributed by atoms with van der Waals surface area (Å²) in [6.45, 7) is 7.34. The van der Waals surface area contributed by atoms with E-state index in [4.69, 9.17) is 9.73 Å². The van der Waals surface area contributed by atoms with Crippen molar-refractivity contribution < 1.29 is 9.53 Å². The van der Waals surface area contributed by atoms with E-state index in [0.717, 1.165) is 49.4 Å². The zero-order chi connectivity index (χ0) is 19.6. The summed E-state index contributed by atoms with van der Waals surface area (Å²) < 4.78 is 5.72. The maximum atomic E-state index is 12.7. The molecule has 0 saturated carbocycles. The van der Waals surface area contributed by atoms with Crippen LogP contribution in [0.2, 0.25) is 0 Å². The third kappa shape index (κ3) is 3.67. The Balaban J connectivity index is 1.43. The van der Waals surface area contributed by atoms with Gasteiger partial charge in [0, 0.05) is 25.2 Å². The van der Waals surface area contributed by atoms with Gasteiger partial charge in [-0.15, -0.1) is 0 Å². The second-order valence-electron chi connectivity index (χ2n) is 7.62. The summed E-state index contributed by atoms with van der Waals surface area (Å²) in [5.74, 6) is 1.71. The average molecular weight is 377 g/mol. The molecule has 5 nitrogen and oxygen atoms in total. The maximum Gasteiger partial charge on any atom is 0.253 e. The summed E-state index contributed by atoms with van der Waals surface area (Å²) in [6.07, 6.45) is 1.50. The number of piperidine rings is 1. The zero-order valence-electron chi connectivity index (χ0n) is 16.6. The third-order valence-corrected chi connectivity index (χ3v) is 5.67. The van der Waals surface area contributed by atoms with E-state index in [9.17, 15) is 4.79 Å². The van der Waals surface area contributed by atoms with Crippen molar-refractivity contribution in [3.05, 3.63) is 65.2 Å². The first-order valence-corrected chi connectivity index (χ1v) is 10.0. The van der Waals surface area contributed by atoms with Gasteiger partial charge in [0.15, 0.2) is 0 Å². The zero-order valence-corrected chi connectivity index (χ0v) is 16.6. The number of amidine groups is 1. The van der Waals surface area contributed by atoms with Crippen LogP contribution in [0.5, 0.6) is 5.75 Å². The fourth-order valence-corrected chi connectivity index (χ4v) is 3.98. The average Bonchev–Trinajstić information content (AvgIpc) is 3.03. The Labute approximate surface area is 166 Å². The summed E-state index contributed by atoms with van der Waals surface area (Å²) in [5.41, 5.74) is 2.77. The van der Waals surface area contributed by atoms with Gasteiger partial charge in [0.2, 0.25) is 0 Å². The largest absolute Gasteiger partial charge is 0.494 e. The molecule has 2 aliphatic rings. The Kier molecular flexibility index (Phi) is 5.18. The summed E-state index contributed by atoms with van der Waals surface area (Å²) in [5, 5.41) is 3.00. The van der Waals surface area contributed by atoms with Crippen LogP contribution >= 0.6 is 0 Å². The van der Waals surface area contributed by atoms with E-state index in [2.05, 4.69) is 35.3 Å². The van der Waals surface area contributed by atoms with Gasteiger partial charge in [-0.25, -0.2) is 0 Å². The molecule has 5 heteroatoms. The molecule has 2 aromatic carbocycles. The molecule has 1 amide bonds. The molecular formula is C23H27N3O2. The molecule has 2 heterocycles. The van der Waals surface area contributed by atoms with Gasteiger partial charge in [-0.3, -0.25) is 14.7 Å². The normalized spacial score (nSPS) is 18.8. The number of aryl methyl sites for hydroxylation is 1. The van der Waals surface area contributed by atoms with Crippen molar-refractivity contribution in [2.24, 2.45) is 4.99 Å². The molecule has 0 unspecified atom stereocenters. The van der Waals surface area contributed by atoms with Crippen molar-refractivity contribution in [3.8, 4) is 5.75 Å².